The highest BCUT2D eigenvalue weighted by Gasteiger charge is 2.30. The standard InChI is InChI=1S/C48H48N6O11S/c55-45(56)30-39(52-46(57)37-21-14-24-43(50-37)54-49-31-35-20-9-11-23-42(35)66(61,62)63)47(58)53-40(48(59)60)27-34-19-8-10-22-41(34)64-25-12-3-13-26-65-44-29-36(32-15-4-1-5-16-32)28-38(51-44)33-17-6-2-7-18-33/h1-2,4-11,14-24,28-29,31,39-40,61-63H,3,12-13,25-27,30H2,(H,50,54)(H,52,57)(H,53,58)(H,55,56)(H,59,60). The number of rotatable bonds is 23. The van der Waals surface area contributed by atoms with Crippen LogP contribution in [0.1, 0.15) is 47.3 Å². The van der Waals surface area contributed by atoms with Crippen molar-refractivity contribution in [2.45, 2.75) is 49.1 Å². The van der Waals surface area contributed by atoms with Crippen molar-refractivity contribution in [2.24, 2.45) is 5.10 Å². The van der Waals surface area contributed by atoms with Gasteiger partial charge in [-0.05, 0) is 66.3 Å². The molecule has 2 heterocycles. The Kier molecular flexibility index (Phi) is 16.9. The Morgan fingerprint density at radius 2 is 1.33 bits per heavy atom. The number of carbonyl (C=O) groups excluding carboxylic acids is 2. The molecule has 2 amide bonds. The van der Waals surface area contributed by atoms with Gasteiger partial charge in [-0.3, -0.25) is 19.8 Å². The molecule has 18 heteroatoms. The molecule has 6 aromatic rings. The quantitative estimate of drug-likeness (QED) is 0.0173. The van der Waals surface area contributed by atoms with E-state index in [1.807, 2.05) is 72.8 Å². The smallest absolute Gasteiger partial charge is 0.326 e. The number of aliphatic carboxylic acids is 2. The molecule has 0 saturated heterocycles. The highest BCUT2D eigenvalue weighted by molar-refractivity contribution is 8.19. The fourth-order valence-corrected chi connectivity index (χ4v) is 7.32. The zero-order valence-corrected chi connectivity index (χ0v) is 36.2. The van der Waals surface area contributed by atoms with Crippen LogP contribution in [-0.2, 0) is 20.8 Å². The number of benzene rings is 4. The average molecular weight is 917 g/mol. The zero-order chi connectivity index (χ0) is 46.9. The lowest BCUT2D eigenvalue weighted by atomic mass is 10.0. The van der Waals surface area contributed by atoms with Crippen molar-refractivity contribution in [3.05, 3.63) is 156 Å². The minimum absolute atomic E-state index is 0.0447. The van der Waals surface area contributed by atoms with Gasteiger partial charge in [0.05, 0.1) is 36.4 Å². The molecule has 2 atom stereocenters. The van der Waals surface area contributed by atoms with E-state index in [1.54, 1.807) is 30.3 Å². The van der Waals surface area contributed by atoms with Crippen LogP contribution in [-0.4, -0.2) is 89.1 Å². The number of hydrazone groups is 1. The molecule has 0 aliphatic carbocycles. The van der Waals surface area contributed by atoms with Crippen LogP contribution in [0.25, 0.3) is 22.4 Å². The second-order valence-corrected chi connectivity index (χ2v) is 16.2. The van der Waals surface area contributed by atoms with Crippen LogP contribution in [0.2, 0.25) is 0 Å². The van der Waals surface area contributed by atoms with Crippen molar-refractivity contribution in [1.29, 1.82) is 0 Å². The topological polar surface area (TPSA) is 262 Å². The van der Waals surface area contributed by atoms with Gasteiger partial charge in [0, 0.05) is 23.6 Å². The number of pyridine rings is 2. The molecule has 66 heavy (non-hydrogen) atoms. The molecule has 2 unspecified atom stereocenters. The van der Waals surface area contributed by atoms with Crippen LogP contribution in [0, 0.1) is 0 Å². The number of nitrogens with zero attached hydrogens (tertiary/aromatic N) is 3. The molecule has 0 spiro atoms. The predicted molar refractivity (Wildman–Crippen MR) is 249 cm³/mol. The largest absolute Gasteiger partial charge is 0.493 e. The number of anilines is 1. The van der Waals surface area contributed by atoms with Crippen molar-refractivity contribution in [2.75, 3.05) is 18.6 Å². The lowest BCUT2D eigenvalue weighted by Gasteiger charge is -2.21. The van der Waals surface area contributed by atoms with Gasteiger partial charge in [0.15, 0.2) is 0 Å². The molecule has 0 bridgehead atoms. The first-order valence-electron chi connectivity index (χ1n) is 20.7. The summed E-state index contributed by atoms with van der Waals surface area (Å²) in [6.07, 6.45) is 2.26. The van der Waals surface area contributed by atoms with Crippen molar-refractivity contribution in [3.8, 4) is 34.0 Å². The number of para-hydroxylation sites is 1. The van der Waals surface area contributed by atoms with E-state index in [1.165, 1.54) is 42.6 Å². The predicted octanol–water partition coefficient (Wildman–Crippen LogP) is 7.85. The molecule has 0 aliphatic heterocycles. The summed E-state index contributed by atoms with van der Waals surface area (Å²) in [6.45, 7) is 0.745. The van der Waals surface area contributed by atoms with E-state index in [0.29, 0.717) is 36.8 Å². The fourth-order valence-electron chi connectivity index (χ4n) is 6.62. The summed E-state index contributed by atoms with van der Waals surface area (Å²) in [4.78, 5) is 59.6. The lowest BCUT2D eigenvalue weighted by Crippen LogP contribution is -2.53. The molecular weight excluding hydrogens is 869 g/mol. The van der Waals surface area contributed by atoms with Gasteiger partial charge in [-0.25, -0.2) is 14.8 Å². The highest BCUT2D eigenvalue weighted by atomic mass is 32.3. The van der Waals surface area contributed by atoms with E-state index in [2.05, 4.69) is 26.1 Å². The summed E-state index contributed by atoms with van der Waals surface area (Å²) in [5.41, 5.74) is 6.83. The van der Waals surface area contributed by atoms with Crippen molar-refractivity contribution in [1.82, 2.24) is 20.6 Å². The number of nitrogens with one attached hydrogen (secondary N) is 3. The van der Waals surface area contributed by atoms with Gasteiger partial charge in [0.1, 0.15) is 40.2 Å². The fraction of sp³-hybridized carbons (Fsp3) is 0.188. The summed E-state index contributed by atoms with van der Waals surface area (Å²) in [6, 6.07) is 37.5. The van der Waals surface area contributed by atoms with Gasteiger partial charge in [-0.15, -0.1) is 0 Å². The normalized spacial score (nSPS) is 12.4. The third-order valence-corrected chi connectivity index (χ3v) is 10.8. The molecule has 2 aromatic heterocycles. The summed E-state index contributed by atoms with van der Waals surface area (Å²) in [5, 5.41) is 28.3. The second-order valence-electron chi connectivity index (χ2n) is 14.7. The maximum absolute atomic E-state index is 13.4. The van der Waals surface area contributed by atoms with Crippen molar-refractivity contribution in [3.63, 3.8) is 0 Å². The van der Waals surface area contributed by atoms with Crippen LogP contribution >= 0.6 is 10.9 Å². The minimum atomic E-state index is -4.04. The molecular formula is C48H48N6O11S. The van der Waals surface area contributed by atoms with E-state index < -0.39 is 53.1 Å². The molecule has 0 fully saturated rings. The van der Waals surface area contributed by atoms with E-state index in [-0.39, 0.29) is 28.4 Å². The Hall–Kier alpha value is -7.64. The second kappa shape index (κ2) is 23.3. The number of carboxylic acids is 2. The molecule has 17 nitrogen and oxygen atoms in total. The number of carbonyl (C=O) groups is 4. The van der Waals surface area contributed by atoms with E-state index in [9.17, 15) is 43.0 Å². The maximum atomic E-state index is 13.4. The first-order valence-corrected chi connectivity index (χ1v) is 22.2. The molecule has 342 valence electrons. The van der Waals surface area contributed by atoms with E-state index >= 15 is 0 Å². The van der Waals surface area contributed by atoms with Crippen molar-refractivity contribution < 1.29 is 52.5 Å². The SMILES string of the molecule is O=C(O)CC(NC(=O)c1cccc(NN=Cc2ccccc2S(O)(O)O)n1)C(=O)NC(Cc1ccccc1OCCCCCOc1cc(-c2ccccc2)cc(-c2ccccc2)n1)C(=O)O. The first-order chi connectivity index (χ1) is 31.8. The number of hydrogen-bond acceptors (Lipinski definition) is 13. The Morgan fingerprint density at radius 3 is 2.05 bits per heavy atom. The van der Waals surface area contributed by atoms with Gasteiger partial charge in [-0.2, -0.15) is 5.10 Å². The number of unbranched alkanes of at least 4 members (excludes halogenated alkanes) is 2. The van der Waals surface area contributed by atoms with Crippen LogP contribution < -0.4 is 25.5 Å². The van der Waals surface area contributed by atoms with Crippen LogP contribution in [0.4, 0.5) is 5.82 Å². The minimum Gasteiger partial charge on any atom is -0.493 e. The maximum Gasteiger partial charge on any atom is 0.326 e. The summed E-state index contributed by atoms with van der Waals surface area (Å²) in [5.74, 6) is -3.84. The number of carboxylic acid groups (broad SMARTS) is 2. The van der Waals surface area contributed by atoms with Gasteiger partial charge >= 0.3 is 11.9 Å². The summed E-state index contributed by atoms with van der Waals surface area (Å²) < 4.78 is 41.2. The molecule has 0 saturated carbocycles. The van der Waals surface area contributed by atoms with Crippen LogP contribution in [0.3, 0.4) is 0 Å². The number of aromatic nitrogens is 2. The van der Waals surface area contributed by atoms with Crippen molar-refractivity contribution >= 4 is 46.7 Å². The number of hydrogen-bond donors (Lipinski definition) is 8. The van der Waals surface area contributed by atoms with E-state index in [4.69, 9.17) is 14.5 Å². The third kappa shape index (κ3) is 14.2. The zero-order valence-electron chi connectivity index (χ0n) is 35.4. The Balaban J connectivity index is 1.01. The lowest BCUT2D eigenvalue weighted by molar-refractivity contribution is -0.142. The Labute approximate surface area is 381 Å². The van der Waals surface area contributed by atoms with Crippen LogP contribution in [0.15, 0.2) is 150 Å². The van der Waals surface area contributed by atoms with Crippen LogP contribution in [0.5, 0.6) is 11.6 Å². The molecule has 0 aliphatic rings. The van der Waals surface area contributed by atoms with Gasteiger partial charge in [-0.1, -0.05) is 103 Å². The summed E-state index contributed by atoms with van der Waals surface area (Å²) >= 11 is 0. The highest BCUT2D eigenvalue weighted by Crippen LogP contribution is 2.44. The Bertz CT molecular complexity index is 2570. The van der Waals surface area contributed by atoms with Gasteiger partial charge in [0.2, 0.25) is 11.8 Å². The number of ether oxygens (including phenoxy) is 2. The third-order valence-electron chi connectivity index (χ3n) is 9.87. The number of amides is 2. The molecule has 6 rings (SSSR count). The van der Waals surface area contributed by atoms with E-state index in [0.717, 1.165) is 35.2 Å². The Morgan fingerprint density at radius 1 is 0.667 bits per heavy atom. The monoisotopic (exact) mass is 916 g/mol. The summed E-state index contributed by atoms with van der Waals surface area (Å²) in [7, 11) is -4.04. The molecule has 4 aromatic carbocycles. The average Bonchev–Trinajstić information content (AvgIpc) is 3.31. The van der Waals surface area contributed by atoms with Gasteiger partial charge in [0.25, 0.3) is 5.91 Å². The first kappa shape index (κ1) is 47.8. The van der Waals surface area contributed by atoms with Gasteiger partial charge < -0.3 is 44.0 Å². The molecule has 8 N–H and O–H groups in total. The molecule has 0 radical (unpaired) electrons.